The minimum absolute atomic E-state index is 0.0627. The number of amides is 1. The molecule has 6 nitrogen and oxygen atoms in total. The summed E-state index contributed by atoms with van der Waals surface area (Å²) in [6.07, 6.45) is 4.17. The molecule has 1 aliphatic rings. The molecule has 2 aromatic rings. The molecule has 0 aliphatic heterocycles. The number of thiazole rings is 1. The third-order valence-electron chi connectivity index (χ3n) is 4.16. The number of aromatic nitrogens is 3. The Labute approximate surface area is 133 Å². The smallest absolute Gasteiger partial charge is 0.220 e. The average Bonchev–Trinajstić information content (AvgIpc) is 3.02. The van der Waals surface area contributed by atoms with E-state index in [1.807, 2.05) is 24.0 Å². The van der Waals surface area contributed by atoms with Gasteiger partial charge in [0.1, 0.15) is 0 Å². The average molecular weight is 319 g/mol. The Morgan fingerprint density at radius 1 is 1.59 bits per heavy atom. The zero-order chi connectivity index (χ0) is 15.7. The van der Waals surface area contributed by atoms with Gasteiger partial charge < -0.3 is 11.1 Å². The molecule has 22 heavy (non-hydrogen) atoms. The van der Waals surface area contributed by atoms with Crippen molar-refractivity contribution >= 4 is 22.4 Å². The molecule has 0 spiro atoms. The van der Waals surface area contributed by atoms with Crippen LogP contribution in [0, 0.1) is 6.92 Å². The van der Waals surface area contributed by atoms with E-state index in [2.05, 4.69) is 15.4 Å². The number of nitrogens with two attached hydrogens (primary N) is 1. The van der Waals surface area contributed by atoms with E-state index >= 15 is 0 Å². The monoisotopic (exact) mass is 319 g/mol. The van der Waals surface area contributed by atoms with Gasteiger partial charge in [-0.2, -0.15) is 5.10 Å². The summed E-state index contributed by atoms with van der Waals surface area (Å²) in [6, 6.07) is 0.0884. The van der Waals surface area contributed by atoms with Crippen LogP contribution in [0.1, 0.15) is 47.9 Å². The van der Waals surface area contributed by atoms with Gasteiger partial charge in [-0.05, 0) is 32.6 Å². The minimum Gasteiger partial charge on any atom is -0.375 e. The van der Waals surface area contributed by atoms with Gasteiger partial charge in [-0.25, -0.2) is 4.98 Å². The number of aryl methyl sites for hydroxylation is 3. The molecule has 1 unspecified atom stereocenters. The molecule has 118 valence electrons. The topological polar surface area (TPSA) is 85.8 Å². The summed E-state index contributed by atoms with van der Waals surface area (Å²) in [5, 5.41) is 10.1. The van der Waals surface area contributed by atoms with Crippen molar-refractivity contribution in [1.82, 2.24) is 20.1 Å². The van der Waals surface area contributed by atoms with Crippen LogP contribution in [0.2, 0.25) is 0 Å². The fourth-order valence-corrected chi connectivity index (χ4v) is 3.78. The number of rotatable bonds is 4. The summed E-state index contributed by atoms with van der Waals surface area (Å²) in [5.41, 5.74) is 9.98. The van der Waals surface area contributed by atoms with Crippen LogP contribution >= 0.6 is 11.3 Å². The van der Waals surface area contributed by atoms with Gasteiger partial charge in [0, 0.05) is 30.1 Å². The number of nitrogen functional groups attached to an aromatic ring is 1. The number of hydrogen-bond donors (Lipinski definition) is 2. The van der Waals surface area contributed by atoms with E-state index in [1.165, 1.54) is 22.6 Å². The Morgan fingerprint density at radius 3 is 3.14 bits per heavy atom. The van der Waals surface area contributed by atoms with Crippen LogP contribution in [0.15, 0.2) is 5.38 Å². The zero-order valence-electron chi connectivity index (χ0n) is 12.9. The van der Waals surface area contributed by atoms with Gasteiger partial charge >= 0.3 is 0 Å². The van der Waals surface area contributed by atoms with E-state index in [0.29, 0.717) is 18.0 Å². The Morgan fingerprint density at radius 2 is 2.41 bits per heavy atom. The van der Waals surface area contributed by atoms with E-state index in [4.69, 9.17) is 5.73 Å². The molecule has 2 heterocycles. The molecule has 2 aromatic heterocycles. The fourth-order valence-electron chi connectivity index (χ4n) is 3.18. The zero-order valence-corrected chi connectivity index (χ0v) is 13.7. The van der Waals surface area contributed by atoms with Crippen LogP contribution in [0.4, 0.5) is 5.13 Å². The van der Waals surface area contributed by atoms with Gasteiger partial charge in [-0.3, -0.25) is 9.48 Å². The first-order chi connectivity index (χ1) is 10.5. The van der Waals surface area contributed by atoms with Crippen molar-refractivity contribution in [1.29, 1.82) is 0 Å². The molecule has 7 heteroatoms. The lowest BCUT2D eigenvalue weighted by Gasteiger charge is -2.24. The quantitative estimate of drug-likeness (QED) is 0.901. The number of carbonyl (C=O) groups is 1. The van der Waals surface area contributed by atoms with E-state index < -0.39 is 0 Å². The Hall–Kier alpha value is -1.89. The minimum atomic E-state index is 0.0627. The maximum Gasteiger partial charge on any atom is 0.220 e. The first kappa shape index (κ1) is 15.0. The fraction of sp³-hybridized carbons (Fsp3) is 0.533. The highest BCUT2D eigenvalue weighted by atomic mass is 32.1. The lowest BCUT2D eigenvalue weighted by molar-refractivity contribution is -0.121. The second-order valence-corrected chi connectivity index (χ2v) is 6.65. The predicted octanol–water partition coefficient (Wildman–Crippen LogP) is 1.89. The number of nitrogens with one attached hydrogen (secondary N) is 1. The maximum atomic E-state index is 12.2. The predicted molar refractivity (Wildman–Crippen MR) is 86.6 cm³/mol. The van der Waals surface area contributed by atoms with Crippen molar-refractivity contribution in [2.75, 3.05) is 5.73 Å². The van der Waals surface area contributed by atoms with Crippen molar-refractivity contribution in [2.24, 2.45) is 7.05 Å². The molecule has 0 saturated heterocycles. The SMILES string of the molecule is Cc1nn(C)c2c1C(NC(=O)CCc1csc(N)n1)CCC2. The highest BCUT2D eigenvalue weighted by molar-refractivity contribution is 7.13. The third-order valence-corrected chi connectivity index (χ3v) is 4.88. The van der Waals surface area contributed by atoms with Crippen LogP contribution in [0.3, 0.4) is 0 Å². The molecule has 0 fully saturated rings. The Kier molecular flexibility index (Phi) is 4.15. The largest absolute Gasteiger partial charge is 0.375 e. The summed E-state index contributed by atoms with van der Waals surface area (Å²) in [6.45, 7) is 2.02. The van der Waals surface area contributed by atoms with Gasteiger partial charge in [-0.1, -0.05) is 0 Å². The molecule has 0 aromatic carbocycles. The summed E-state index contributed by atoms with van der Waals surface area (Å²) in [7, 11) is 1.97. The molecule has 1 aliphatic carbocycles. The molecule has 0 bridgehead atoms. The van der Waals surface area contributed by atoms with Crippen molar-refractivity contribution in [3.63, 3.8) is 0 Å². The number of hydrogen-bond acceptors (Lipinski definition) is 5. The van der Waals surface area contributed by atoms with E-state index in [0.717, 1.165) is 30.7 Å². The molecule has 0 saturated carbocycles. The van der Waals surface area contributed by atoms with Crippen molar-refractivity contribution in [3.8, 4) is 0 Å². The number of carbonyl (C=O) groups excluding carboxylic acids is 1. The van der Waals surface area contributed by atoms with Crippen molar-refractivity contribution in [2.45, 2.75) is 45.1 Å². The molecular weight excluding hydrogens is 298 g/mol. The number of fused-ring (bicyclic) bond motifs is 1. The summed E-state index contributed by atoms with van der Waals surface area (Å²) < 4.78 is 1.95. The van der Waals surface area contributed by atoms with Crippen molar-refractivity contribution < 1.29 is 4.79 Å². The lowest BCUT2D eigenvalue weighted by atomic mass is 9.91. The molecule has 1 atom stereocenters. The molecule has 0 radical (unpaired) electrons. The Balaban J connectivity index is 1.63. The summed E-state index contributed by atoms with van der Waals surface area (Å²) >= 11 is 1.41. The second kappa shape index (κ2) is 6.08. The van der Waals surface area contributed by atoms with Gasteiger partial charge in [0.05, 0.1) is 17.4 Å². The van der Waals surface area contributed by atoms with Gasteiger partial charge in [0.2, 0.25) is 5.91 Å². The van der Waals surface area contributed by atoms with E-state index in [9.17, 15) is 4.79 Å². The van der Waals surface area contributed by atoms with E-state index in [-0.39, 0.29) is 11.9 Å². The van der Waals surface area contributed by atoms with Gasteiger partial charge in [0.25, 0.3) is 0 Å². The maximum absolute atomic E-state index is 12.2. The lowest BCUT2D eigenvalue weighted by Crippen LogP contribution is -2.31. The summed E-state index contributed by atoms with van der Waals surface area (Å²) in [5.74, 6) is 0.0627. The van der Waals surface area contributed by atoms with Crippen LogP contribution < -0.4 is 11.1 Å². The number of anilines is 1. The van der Waals surface area contributed by atoms with Gasteiger partial charge in [0.15, 0.2) is 5.13 Å². The van der Waals surface area contributed by atoms with Crippen LogP contribution in [0.25, 0.3) is 0 Å². The van der Waals surface area contributed by atoms with Crippen LogP contribution in [-0.4, -0.2) is 20.7 Å². The molecular formula is C15H21N5OS. The molecule has 3 rings (SSSR count). The molecule has 3 N–H and O–H groups in total. The summed E-state index contributed by atoms with van der Waals surface area (Å²) in [4.78, 5) is 16.4. The third kappa shape index (κ3) is 2.99. The normalized spacial score (nSPS) is 17.3. The van der Waals surface area contributed by atoms with Crippen LogP contribution in [-0.2, 0) is 24.7 Å². The highest BCUT2D eigenvalue weighted by Crippen LogP contribution is 2.31. The highest BCUT2D eigenvalue weighted by Gasteiger charge is 2.27. The first-order valence-electron chi connectivity index (χ1n) is 7.56. The second-order valence-electron chi connectivity index (χ2n) is 5.76. The van der Waals surface area contributed by atoms with Crippen molar-refractivity contribution in [3.05, 3.63) is 28.0 Å². The van der Waals surface area contributed by atoms with Crippen LogP contribution in [0.5, 0.6) is 0 Å². The van der Waals surface area contributed by atoms with E-state index in [1.54, 1.807) is 0 Å². The van der Waals surface area contributed by atoms with Gasteiger partial charge in [-0.15, -0.1) is 11.3 Å². The number of nitrogens with zero attached hydrogens (tertiary/aromatic N) is 3. The first-order valence-corrected chi connectivity index (χ1v) is 8.44. The standard InChI is InChI=1S/C15H21N5OS/c1-9-14-11(4-3-5-12(14)20(2)19-9)18-13(21)7-6-10-8-22-15(16)17-10/h8,11H,3-7H2,1-2H3,(H2,16,17)(H,18,21). The Bertz CT molecular complexity index is 690. The molecule has 1 amide bonds.